The summed E-state index contributed by atoms with van der Waals surface area (Å²) >= 11 is 3.00. The van der Waals surface area contributed by atoms with E-state index in [1.807, 2.05) is 26.2 Å². The Balaban J connectivity index is 2.13. The molecule has 0 fully saturated rings. The van der Waals surface area contributed by atoms with Crippen molar-refractivity contribution >= 4 is 28.6 Å². The van der Waals surface area contributed by atoms with Crippen LogP contribution in [-0.4, -0.2) is 15.9 Å². The molecule has 2 aromatic heterocycles. The number of carbonyl (C=O) groups excluding carboxylic acids is 1. The van der Waals surface area contributed by atoms with Gasteiger partial charge in [-0.25, -0.2) is 9.97 Å². The van der Waals surface area contributed by atoms with E-state index in [1.165, 1.54) is 22.7 Å². The highest BCUT2D eigenvalue weighted by Crippen LogP contribution is 2.22. The molecule has 1 amide bonds. The molecule has 1 N–H and O–H groups in total. The fourth-order valence-electron chi connectivity index (χ4n) is 1.40. The van der Waals surface area contributed by atoms with E-state index in [0.717, 1.165) is 10.0 Å². The van der Waals surface area contributed by atoms with Gasteiger partial charge in [-0.15, -0.1) is 22.7 Å². The maximum Gasteiger partial charge on any atom is 0.271 e. The zero-order chi connectivity index (χ0) is 12.5. The second-order valence-electron chi connectivity index (χ2n) is 4.17. The molecular formula is C11H13N3OS2. The third-order valence-electron chi connectivity index (χ3n) is 2.24. The predicted octanol–water partition coefficient (Wildman–Crippen LogP) is 2.57. The summed E-state index contributed by atoms with van der Waals surface area (Å²) in [5.74, 6) is -0.158. The van der Waals surface area contributed by atoms with Crippen LogP contribution in [0.15, 0.2) is 17.0 Å². The first-order valence-corrected chi connectivity index (χ1v) is 6.89. The summed E-state index contributed by atoms with van der Waals surface area (Å²) < 4.78 is 0. The van der Waals surface area contributed by atoms with Crippen LogP contribution in [0.2, 0.25) is 0 Å². The van der Waals surface area contributed by atoms with E-state index in [-0.39, 0.29) is 5.91 Å². The molecule has 2 rings (SSSR count). The van der Waals surface area contributed by atoms with Crippen molar-refractivity contribution in [2.75, 3.05) is 0 Å². The van der Waals surface area contributed by atoms with Gasteiger partial charge in [0, 0.05) is 17.0 Å². The molecule has 6 heteroatoms. The third-order valence-corrected chi connectivity index (χ3v) is 4.11. The Kier molecular flexibility index (Phi) is 3.26. The second-order valence-corrected chi connectivity index (χ2v) is 6.12. The van der Waals surface area contributed by atoms with Gasteiger partial charge >= 0.3 is 0 Å². The van der Waals surface area contributed by atoms with Crippen molar-refractivity contribution in [2.24, 2.45) is 0 Å². The average Bonchev–Trinajstić information content (AvgIpc) is 2.86. The van der Waals surface area contributed by atoms with E-state index in [0.29, 0.717) is 5.69 Å². The van der Waals surface area contributed by atoms with Crippen LogP contribution in [0.4, 0.5) is 0 Å². The first kappa shape index (κ1) is 12.2. The molecule has 4 nitrogen and oxygen atoms in total. The summed E-state index contributed by atoms with van der Waals surface area (Å²) in [6.07, 6.45) is 1.74. The number of rotatable bonds is 3. The van der Waals surface area contributed by atoms with Gasteiger partial charge in [0.05, 0.1) is 10.5 Å². The van der Waals surface area contributed by atoms with Gasteiger partial charge in [-0.3, -0.25) is 4.79 Å². The molecule has 0 aromatic carbocycles. The van der Waals surface area contributed by atoms with E-state index >= 15 is 0 Å². The lowest BCUT2D eigenvalue weighted by Crippen LogP contribution is -2.41. The van der Waals surface area contributed by atoms with Gasteiger partial charge in [0.15, 0.2) is 0 Å². The Labute approximate surface area is 108 Å². The van der Waals surface area contributed by atoms with E-state index in [1.54, 1.807) is 11.6 Å². The number of aromatic nitrogens is 2. The highest BCUT2D eigenvalue weighted by Gasteiger charge is 2.26. The van der Waals surface area contributed by atoms with Crippen LogP contribution in [0.5, 0.6) is 0 Å². The number of nitrogens with zero attached hydrogens (tertiary/aromatic N) is 2. The number of nitrogens with one attached hydrogen (secondary N) is 1. The topological polar surface area (TPSA) is 54.9 Å². The minimum Gasteiger partial charge on any atom is -0.339 e. The molecule has 90 valence electrons. The van der Waals surface area contributed by atoms with Gasteiger partial charge in [0.2, 0.25) is 0 Å². The molecule has 0 aliphatic heterocycles. The van der Waals surface area contributed by atoms with Crippen molar-refractivity contribution in [1.82, 2.24) is 15.3 Å². The maximum absolute atomic E-state index is 12.0. The molecule has 17 heavy (non-hydrogen) atoms. The van der Waals surface area contributed by atoms with Gasteiger partial charge in [0.25, 0.3) is 5.91 Å². The van der Waals surface area contributed by atoms with Crippen molar-refractivity contribution in [3.05, 3.63) is 32.7 Å². The number of thiazole rings is 2. The normalized spacial score (nSPS) is 11.5. The minimum absolute atomic E-state index is 0.158. The fourth-order valence-corrected chi connectivity index (χ4v) is 2.71. The molecule has 2 heterocycles. The molecule has 0 aliphatic carbocycles. The monoisotopic (exact) mass is 267 g/mol. The molecule has 0 unspecified atom stereocenters. The van der Waals surface area contributed by atoms with Crippen LogP contribution < -0.4 is 5.32 Å². The quantitative estimate of drug-likeness (QED) is 0.930. The van der Waals surface area contributed by atoms with Crippen LogP contribution in [0.3, 0.4) is 0 Å². The largest absolute Gasteiger partial charge is 0.339 e. The van der Waals surface area contributed by atoms with Crippen LogP contribution in [0.25, 0.3) is 0 Å². The van der Waals surface area contributed by atoms with Crippen molar-refractivity contribution < 1.29 is 4.79 Å². The standard InChI is InChI=1S/C11H13N3OS2/c1-7-13-8(6-17-7)9(15)14-11(2,3)10-12-4-5-16-10/h4-6H,1-3H3,(H,14,15). The SMILES string of the molecule is Cc1nc(C(=O)NC(C)(C)c2nccs2)cs1. The average molecular weight is 267 g/mol. The molecule has 0 atom stereocenters. The smallest absolute Gasteiger partial charge is 0.271 e. The summed E-state index contributed by atoms with van der Waals surface area (Å²) in [6, 6.07) is 0. The Bertz CT molecular complexity index is 517. The Morgan fingerprint density at radius 1 is 1.41 bits per heavy atom. The molecule has 0 aliphatic rings. The first-order chi connectivity index (χ1) is 7.99. The molecule has 0 bridgehead atoms. The van der Waals surface area contributed by atoms with Gasteiger partial charge in [0.1, 0.15) is 10.7 Å². The second kappa shape index (κ2) is 4.54. The van der Waals surface area contributed by atoms with Gasteiger partial charge < -0.3 is 5.32 Å². The summed E-state index contributed by atoms with van der Waals surface area (Å²) in [5.41, 5.74) is 0.0000931. The van der Waals surface area contributed by atoms with E-state index < -0.39 is 5.54 Å². The predicted molar refractivity (Wildman–Crippen MR) is 69.5 cm³/mol. The Hall–Kier alpha value is -1.27. The number of hydrogen-bond donors (Lipinski definition) is 1. The number of amides is 1. The summed E-state index contributed by atoms with van der Waals surface area (Å²) in [7, 11) is 0. The van der Waals surface area contributed by atoms with Crippen molar-refractivity contribution in [2.45, 2.75) is 26.3 Å². The fraction of sp³-hybridized carbons (Fsp3) is 0.364. The maximum atomic E-state index is 12.0. The van der Waals surface area contributed by atoms with Crippen LogP contribution in [0, 0.1) is 6.92 Å². The van der Waals surface area contributed by atoms with Crippen molar-refractivity contribution in [3.63, 3.8) is 0 Å². The van der Waals surface area contributed by atoms with E-state index in [9.17, 15) is 4.79 Å². The number of hydrogen-bond acceptors (Lipinski definition) is 5. The Morgan fingerprint density at radius 3 is 2.71 bits per heavy atom. The summed E-state index contributed by atoms with van der Waals surface area (Å²) in [5, 5.41) is 8.38. The molecule has 0 radical (unpaired) electrons. The van der Waals surface area contributed by atoms with Crippen LogP contribution >= 0.6 is 22.7 Å². The lowest BCUT2D eigenvalue weighted by molar-refractivity contribution is 0.0907. The highest BCUT2D eigenvalue weighted by molar-refractivity contribution is 7.10. The zero-order valence-electron chi connectivity index (χ0n) is 9.85. The van der Waals surface area contributed by atoms with Crippen LogP contribution in [0.1, 0.15) is 34.4 Å². The molecular weight excluding hydrogens is 254 g/mol. The van der Waals surface area contributed by atoms with Gasteiger partial charge in [-0.05, 0) is 20.8 Å². The Morgan fingerprint density at radius 2 is 2.18 bits per heavy atom. The lowest BCUT2D eigenvalue weighted by Gasteiger charge is -2.23. The van der Waals surface area contributed by atoms with Crippen molar-refractivity contribution in [1.29, 1.82) is 0 Å². The summed E-state index contributed by atoms with van der Waals surface area (Å²) in [4.78, 5) is 20.4. The molecule has 0 spiro atoms. The lowest BCUT2D eigenvalue weighted by atomic mass is 10.1. The molecule has 2 aromatic rings. The number of carbonyl (C=O) groups is 1. The van der Waals surface area contributed by atoms with Gasteiger partial charge in [-0.1, -0.05) is 0 Å². The number of aryl methyl sites for hydroxylation is 1. The molecule has 0 saturated carbocycles. The zero-order valence-corrected chi connectivity index (χ0v) is 11.5. The minimum atomic E-state index is -0.469. The highest BCUT2D eigenvalue weighted by atomic mass is 32.1. The third kappa shape index (κ3) is 2.70. The molecule has 0 saturated heterocycles. The first-order valence-electron chi connectivity index (χ1n) is 5.13. The van der Waals surface area contributed by atoms with E-state index in [4.69, 9.17) is 0 Å². The summed E-state index contributed by atoms with van der Waals surface area (Å²) in [6.45, 7) is 5.75. The van der Waals surface area contributed by atoms with E-state index in [2.05, 4.69) is 15.3 Å². The van der Waals surface area contributed by atoms with Gasteiger partial charge in [-0.2, -0.15) is 0 Å². The van der Waals surface area contributed by atoms with Crippen LogP contribution in [-0.2, 0) is 5.54 Å². The van der Waals surface area contributed by atoms with Crippen molar-refractivity contribution in [3.8, 4) is 0 Å².